The minimum atomic E-state index is 0.863. The van der Waals surface area contributed by atoms with Crippen LogP contribution in [0.15, 0.2) is 30.9 Å². The van der Waals surface area contributed by atoms with Crippen molar-refractivity contribution >= 4 is 11.6 Å². The third-order valence-corrected chi connectivity index (χ3v) is 2.64. The maximum absolute atomic E-state index is 6.21. The summed E-state index contributed by atoms with van der Waals surface area (Å²) in [5.41, 5.74) is 2.29. The second-order valence-electron chi connectivity index (χ2n) is 3.02. The van der Waals surface area contributed by atoms with E-state index in [4.69, 9.17) is 11.6 Å². The summed E-state index contributed by atoms with van der Waals surface area (Å²) in [6.07, 6.45) is 2.80. The van der Waals surface area contributed by atoms with E-state index < -0.39 is 0 Å². The van der Waals surface area contributed by atoms with E-state index in [9.17, 15) is 0 Å². The van der Waals surface area contributed by atoms with Crippen LogP contribution < -0.4 is 0 Å². The number of halogens is 1. The first-order valence-electron chi connectivity index (χ1n) is 4.44. The van der Waals surface area contributed by atoms with Crippen LogP contribution in [0.5, 0.6) is 0 Å². The van der Waals surface area contributed by atoms with Crippen LogP contribution in [0.4, 0.5) is 0 Å². The maximum Gasteiger partial charge on any atom is 0.0479 e. The molecule has 1 heteroatoms. The Morgan fingerprint density at radius 1 is 1.54 bits per heavy atom. The van der Waals surface area contributed by atoms with E-state index in [1.165, 1.54) is 5.56 Å². The SMILES string of the molecule is C=C[C](C)c1cccc(CC)c1Cl. The lowest BCUT2D eigenvalue weighted by Crippen LogP contribution is -1.94. The molecule has 0 bridgehead atoms. The predicted molar refractivity (Wildman–Crippen MR) is 59.0 cm³/mol. The fourth-order valence-electron chi connectivity index (χ4n) is 1.27. The summed E-state index contributed by atoms with van der Waals surface area (Å²) in [5.74, 6) is 1.13. The fourth-order valence-corrected chi connectivity index (χ4v) is 1.68. The van der Waals surface area contributed by atoms with Gasteiger partial charge in [0.1, 0.15) is 0 Å². The van der Waals surface area contributed by atoms with E-state index in [0.717, 1.165) is 22.9 Å². The fraction of sp³-hybridized carbons (Fsp3) is 0.250. The number of benzene rings is 1. The number of aryl methyl sites for hydroxylation is 1. The van der Waals surface area contributed by atoms with E-state index in [2.05, 4.69) is 19.6 Å². The van der Waals surface area contributed by atoms with Gasteiger partial charge in [0.25, 0.3) is 0 Å². The molecule has 0 spiro atoms. The zero-order valence-corrected chi connectivity index (χ0v) is 8.86. The molecule has 0 amide bonds. The van der Waals surface area contributed by atoms with Crippen molar-refractivity contribution in [2.45, 2.75) is 20.3 Å². The molecule has 0 saturated carbocycles. The van der Waals surface area contributed by atoms with Crippen molar-refractivity contribution in [3.05, 3.63) is 52.9 Å². The van der Waals surface area contributed by atoms with Gasteiger partial charge in [0, 0.05) is 10.9 Å². The van der Waals surface area contributed by atoms with Crippen LogP contribution in [0.1, 0.15) is 25.0 Å². The van der Waals surface area contributed by atoms with Gasteiger partial charge in [-0.15, -0.1) is 6.58 Å². The van der Waals surface area contributed by atoms with E-state index in [1.54, 1.807) is 0 Å². The first-order chi connectivity index (χ1) is 6.20. The highest BCUT2D eigenvalue weighted by Crippen LogP contribution is 2.27. The molecule has 69 valence electrons. The molecule has 0 aliphatic carbocycles. The second-order valence-corrected chi connectivity index (χ2v) is 3.40. The lowest BCUT2D eigenvalue weighted by atomic mass is 9.98. The summed E-state index contributed by atoms with van der Waals surface area (Å²) in [5, 5.41) is 0.863. The lowest BCUT2D eigenvalue weighted by molar-refractivity contribution is 1.12. The third kappa shape index (κ3) is 2.13. The van der Waals surface area contributed by atoms with Gasteiger partial charge in [-0.05, 0) is 17.5 Å². The van der Waals surface area contributed by atoms with Crippen LogP contribution in [0.3, 0.4) is 0 Å². The molecule has 0 fully saturated rings. The van der Waals surface area contributed by atoms with Crippen molar-refractivity contribution in [3.8, 4) is 0 Å². The largest absolute Gasteiger partial charge is 0.102 e. The van der Waals surface area contributed by atoms with Gasteiger partial charge < -0.3 is 0 Å². The highest BCUT2D eigenvalue weighted by atomic mass is 35.5. The molecule has 0 aromatic heterocycles. The van der Waals surface area contributed by atoms with Crippen LogP contribution in [-0.2, 0) is 6.42 Å². The van der Waals surface area contributed by atoms with Crippen LogP contribution in [0.25, 0.3) is 0 Å². The average Bonchev–Trinajstić information content (AvgIpc) is 2.17. The highest BCUT2D eigenvalue weighted by molar-refractivity contribution is 6.32. The van der Waals surface area contributed by atoms with Crippen molar-refractivity contribution in [2.24, 2.45) is 0 Å². The summed E-state index contributed by atoms with van der Waals surface area (Å²) in [7, 11) is 0. The Kier molecular flexibility index (Phi) is 3.56. The molecular formula is C12H14Cl. The first-order valence-corrected chi connectivity index (χ1v) is 4.82. The van der Waals surface area contributed by atoms with Gasteiger partial charge in [0.2, 0.25) is 0 Å². The molecule has 0 nitrogen and oxygen atoms in total. The molecular weight excluding hydrogens is 180 g/mol. The van der Waals surface area contributed by atoms with Crippen molar-refractivity contribution in [2.75, 3.05) is 0 Å². The minimum Gasteiger partial charge on any atom is -0.102 e. The molecule has 0 aliphatic heterocycles. The number of hydrogen-bond donors (Lipinski definition) is 0. The molecule has 0 heterocycles. The Balaban J connectivity index is 3.14. The predicted octanol–water partition coefficient (Wildman–Crippen LogP) is 4.03. The first kappa shape index (κ1) is 10.3. The van der Waals surface area contributed by atoms with E-state index >= 15 is 0 Å². The Labute approximate surface area is 85.2 Å². The maximum atomic E-state index is 6.21. The molecule has 1 radical (unpaired) electrons. The highest BCUT2D eigenvalue weighted by Gasteiger charge is 2.08. The van der Waals surface area contributed by atoms with Crippen LogP contribution >= 0.6 is 11.6 Å². The molecule has 1 aromatic rings. The van der Waals surface area contributed by atoms with Crippen molar-refractivity contribution in [3.63, 3.8) is 0 Å². The van der Waals surface area contributed by atoms with Crippen molar-refractivity contribution in [1.29, 1.82) is 0 Å². The van der Waals surface area contributed by atoms with Gasteiger partial charge >= 0.3 is 0 Å². The van der Waals surface area contributed by atoms with E-state index in [1.807, 2.05) is 25.1 Å². The number of allylic oxidation sites excluding steroid dienone is 1. The smallest absolute Gasteiger partial charge is 0.0479 e. The average molecular weight is 194 g/mol. The van der Waals surface area contributed by atoms with Crippen LogP contribution in [0, 0.1) is 5.92 Å². The molecule has 13 heavy (non-hydrogen) atoms. The van der Waals surface area contributed by atoms with E-state index in [-0.39, 0.29) is 0 Å². The lowest BCUT2D eigenvalue weighted by Gasteiger charge is -2.10. The molecule has 0 saturated heterocycles. The van der Waals surface area contributed by atoms with E-state index in [0.29, 0.717) is 0 Å². The van der Waals surface area contributed by atoms with Crippen molar-refractivity contribution < 1.29 is 0 Å². The molecule has 1 aromatic carbocycles. The third-order valence-electron chi connectivity index (χ3n) is 2.19. The van der Waals surface area contributed by atoms with Gasteiger partial charge in [-0.1, -0.05) is 49.7 Å². The Bertz CT molecular complexity index is 302. The summed E-state index contributed by atoms with van der Waals surface area (Å²) in [6, 6.07) is 6.12. The quantitative estimate of drug-likeness (QED) is 0.680. The molecule has 0 N–H and O–H groups in total. The minimum absolute atomic E-state index is 0.863. The van der Waals surface area contributed by atoms with Gasteiger partial charge in [-0.3, -0.25) is 0 Å². The Morgan fingerprint density at radius 3 is 2.77 bits per heavy atom. The molecule has 1 rings (SSSR count). The zero-order chi connectivity index (χ0) is 9.84. The summed E-state index contributed by atoms with van der Waals surface area (Å²) in [6.45, 7) is 7.86. The summed E-state index contributed by atoms with van der Waals surface area (Å²) >= 11 is 6.21. The number of hydrogen-bond acceptors (Lipinski definition) is 0. The van der Waals surface area contributed by atoms with Gasteiger partial charge in [0.15, 0.2) is 0 Å². The van der Waals surface area contributed by atoms with Crippen LogP contribution in [0.2, 0.25) is 5.02 Å². The number of rotatable bonds is 3. The van der Waals surface area contributed by atoms with Gasteiger partial charge in [0.05, 0.1) is 0 Å². The van der Waals surface area contributed by atoms with Crippen molar-refractivity contribution in [1.82, 2.24) is 0 Å². The topological polar surface area (TPSA) is 0 Å². The standard InChI is InChI=1S/C12H14Cl/c1-4-9(3)11-8-6-7-10(5-2)12(11)13/h4,6-8H,1,5H2,2-3H3. The molecule has 0 atom stereocenters. The van der Waals surface area contributed by atoms with Gasteiger partial charge in [-0.25, -0.2) is 0 Å². The Hall–Kier alpha value is -0.750. The monoisotopic (exact) mass is 193 g/mol. The second kappa shape index (κ2) is 4.48. The van der Waals surface area contributed by atoms with Gasteiger partial charge in [-0.2, -0.15) is 0 Å². The van der Waals surface area contributed by atoms with Crippen LogP contribution in [-0.4, -0.2) is 0 Å². The summed E-state index contributed by atoms with van der Waals surface area (Å²) < 4.78 is 0. The Morgan fingerprint density at radius 2 is 2.23 bits per heavy atom. The summed E-state index contributed by atoms with van der Waals surface area (Å²) in [4.78, 5) is 0. The normalized spacial score (nSPS) is 10.5. The molecule has 0 unspecified atom stereocenters. The zero-order valence-electron chi connectivity index (χ0n) is 8.10. The molecule has 0 aliphatic rings.